The Balaban J connectivity index is 0.912. The number of rotatable bonds is 6. The number of piperidine rings is 1. The number of anilines is 1. The highest BCUT2D eigenvalue weighted by Gasteiger charge is 2.35. The van der Waals surface area contributed by atoms with Crippen LogP contribution in [0.15, 0.2) is 47.0 Å². The second-order valence-corrected chi connectivity index (χ2v) is 12.1. The Hall–Kier alpha value is -2.64. The zero-order valence-electron chi connectivity index (χ0n) is 22.2. The van der Waals surface area contributed by atoms with E-state index in [0.717, 1.165) is 74.5 Å². The molecule has 38 heavy (non-hydrogen) atoms. The van der Waals surface area contributed by atoms with Crippen molar-refractivity contribution in [2.75, 3.05) is 50.8 Å². The van der Waals surface area contributed by atoms with E-state index in [9.17, 15) is 4.39 Å². The molecule has 4 aliphatic rings. The highest BCUT2D eigenvalue weighted by molar-refractivity contribution is 5.88. The van der Waals surface area contributed by atoms with Gasteiger partial charge in [-0.25, -0.2) is 4.39 Å². The maximum absolute atomic E-state index is 13.8. The Morgan fingerprint density at radius 2 is 1.79 bits per heavy atom. The summed E-state index contributed by atoms with van der Waals surface area (Å²) in [5.74, 6) is 3.94. The third-order valence-electron chi connectivity index (χ3n) is 9.56. The molecule has 4 atom stereocenters. The van der Waals surface area contributed by atoms with Crippen LogP contribution in [0.1, 0.15) is 44.1 Å². The minimum atomic E-state index is -0.250. The molecule has 0 bridgehead atoms. The van der Waals surface area contributed by atoms with Gasteiger partial charge in [0.15, 0.2) is 11.4 Å². The Morgan fingerprint density at radius 3 is 2.66 bits per heavy atom. The second-order valence-electron chi connectivity index (χ2n) is 12.1. The first-order valence-electron chi connectivity index (χ1n) is 14.7. The summed E-state index contributed by atoms with van der Waals surface area (Å²) in [5, 5.41) is 5.05. The van der Waals surface area contributed by atoms with E-state index in [2.05, 4.69) is 44.1 Å². The van der Waals surface area contributed by atoms with Gasteiger partial charge in [-0.1, -0.05) is 30.1 Å². The molecule has 0 amide bonds. The highest BCUT2D eigenvalue weighted by Crippen LogP contribution is 2.37. The summed E-state index contributed by atoms with van der Waals surface area (Å²) < 4.78 is 25.6. The maximum atomic E-state index is 13.8. The summed E-state index contributed by atoms with van der Waals surface area (Å²) in [4.78, 5) is 7.54. The topological polar surface area (TPSA) is 45.0 Å². The minimum Gasteiger partial charge on any atom is -0.493 e. The molecule has 1 aromatic heterocycles. The number of ether oxygens (including phenoxy) is 1. The van der Waals surface area contributed by atoms with Crippen molar-refractivity contribution in [1.29, 1.82) is 0 Å². The van der Waals surface area contributed by atoms with Crippen LogP contribution >= 0.6 is 0 Å². The molecule has 1 aliphatic carbocycles. The van der Waals surface area contributed by atoms with Crippen LogP contribution in [0.4, 0.5) is 10.2 Å². The van der Waals surface area contributed by atoms with Crippen molar-refractivity contribution in [2.24, 2.45) is 17.8 Å². The molecule has 0 radical (unpaired) electrons. The number of likely N-dealkylation sites (tertiary alicyclic amines) is 1. The predicted octanol–water partition coefficient (Wildman–Crippen LogP) is 5.57. The van der Waals surface area contributed by atoms with Crippen LogP contribution in [0.3, 0.4) is 0 Å². The number of aromatic nitrogens is 1. The van der Waals surface area contributed by atoms with Gasteiger partial charge in [0.05, 0.1) is 12.0 Å². The fraction of sp³-hybridized carbons (Fsp3) is 0.581. The van der Waals surface area contributed by atoms with Crippen molar-refractivity contribution < 1.29 is 13.7 Å². The summed E-state index contributed by atoms with van der Waals surface area (Å²) >= 11 is 0. The van der Waals surface area contributed by atoms with E-state index in [4.69, 9.17) is 9.26 Å². The molecule has 4 fully saturated rings. The van der Waals surface area contributed by atoms with E-state index in [1.807, 2.05) is 0 Å². The third-order valence-corrected chi connectivity index (χ3v) is 9.56. The molecule has 3 aliphatic heterocycles. The van der Waals surface area contributed by atoms with Crippen LogP contribution in [0.2, 0.25) is 0 Å². The fourth-order valence-electron chi connectivity index (χ4n) is 7.55. The van der Waals surface area contributed by atoms with Gasteiger partial charge in [0, 0.05) is 57.8 Å². The van der Waals surface area contributed by atoms with Crippen LogP contribution < -0.4 is 9.64 Å². The number of benzene rings is 2. The van der Waals surface area contributed by atoms with Gasteiger partial charge in [0.1, 0.15) is 11.6 Å². The van der Waals surface area contributed by atoms with Gasteiger partial charge in [-0.15, -0.1) is 0 Å². The molecule has 0 unspecified atom stereocenters. The van der Waals surface area contributed by atoms with Crippen molar-refractivity contribution in [3.63, 3.8) is 0 Å². The van der Waals surface area contributed by atoms with Crippen molar-refractivity contribution in [1.82, 2.24) is 15.0 Å². The number of hydrogen-bond acceptors (Lipinski definition) is 6. The highest BCUT2D eigenvalue weighted by atomic mass is 19.1. The van der Waals surface area contributed by atoms with Crippen molar-refractivity contribution in [3.05, 3.63) is 53.8 Å². The Kier molecular flexibility index (Phi) is 6.74. The van der Waals surface area contributed by atoms with Crippen LogP contribution in [0.25, 0.3) is 11.0 Å². The van der Waals surface area contributed by atoms with E-state index in [1.54, 1.807) is 6.07 Å². The predicted molar refractivity (Wildman–Crippen MR) is 147 cm³/mol. The van der Waals surface area contributed by atoms with E-state index < -0.39 is 0 Å². The summed E-state index contributed by atoms with van der Waals surface area (Å²) in [6, 6.07) is 13.9. The first-order valence-corrected chi connectivity index (χ1v) is 14.7. The first-order chi connectivity index (χ1) is 18.7. The number of halogens is 1. The second kappa shape index (κ2) is 10.5. The van der Waals surface area contributed by atoms with Gasteiger partial charge in [-0.05, 0) is 73.4 Å². The number of nitrogens with zero attached hydrogens (tertiary/aromatic N) is 4. The third kappa shape index (κ3) is 5.03. The molecule has 3 aromatic rings. The molecule has 4 heterocycles. The van der Waals surface area contributed by atoms with Crippen molar-refractivity contribution in [2.45, 2.75) is 51.1 Å². The number of piperazine rings is 1. The quantitative estimate of drug-likeness (QED) is 0.425. The van der Waals surface area contributed by atoms with Crippen LogP contribution in [0, 0.1) is 23.6 Å². The Bertz CT molecular complexity index is 1250. The Labute approximate surface area is 224 Å². The fourth-order valence-corrected chi connectivity index (χ4v) is 7.55. The molecule has 0 N–H and O–H groups in total. The summed E-state index contributed by atoms with van der Waals surface area (Å²) in [6.45, 7) is 8.21. The standard InChI is InChI=1S/C31H39FN4O2/c32-26-9-11-30-29(15-26)31(33-38-30)36-13-12-35-17-23(8-10-27(35)20-36)21-37-28-7-3-4-22(14-28)16-34-18-24-5-1-2-6-25(24)19-34/h3-4,7,9,11,14-15,23-25,27H,1-2,5-6,8,10,12-13,16-21H2/t23-,24-,25+,27+/m1/s1. The van der Waals surface area contributed by atoms with Crippen molar-refractivity contribution in [3.8, 4) is 5.75 Å². The number of hydrogen-bond donors (Lipinski definition) is 0. The number of fused-ring (bicyclic) bond motifs is 3. The maximum Gasteiger partial charge on any atom is 0.180 e. The smallest absolute Gasteiger partial charge is 0.180 e. The summed E-state index contributed by atoms with van der Waals surface area (Å²) in [6.07, 6.45) is 8.02. The van der Waals surface area contributed by atoms with Gasteiger partial charge in [-0.2, -0.15) is 0 Å². The Morgan fingerprint density at radius 1 is 0.921 bits per heavy atom. The van der Waals surface area contributed by atoms with Crippen molar-refractivity contribution >= 4 is 16.8 Å². The first kappa shape index (κ1) is 24.4. The van der Waals surface area contributed by atoms with E-state index >= 15 is 0 Å². The van der Waals surface area contributed by atoms with Crippen LogP contribution in [-0.4, -0.2) is 66.9 Å². The molecule has 3 saturated heterocycles. The molecular weight excluding hydrogens is 479 g/mol. The molecule has 7 heteroatoms. The van der Waals surface area contributed by atoms with Gasteiger partial charge in [0.25, 0.3) is 0 Å². The largest absolute Gasteiger partial charge is 0.493 e. The van der Waals surface area contributed by atoms with Gasteiger partial charge < -0.3 is 14.2 Å². The molecular formula is C31H39FN4O2. The van der Waals surface area contributed by atoms with Crippen LogP contribution in [0.5, 0.6) is 5.75 Å². The van der Waals surface area contributed by atoms with E-state index in [0.29, 0.717) is 17.5 Å². The van der Waals surface area contributed by atoms with Gasteiger partial charge in [-0.3, -0.25) is 9.80 Å². The average molecular weight is 519 g/mol. The normalized spacial score (nSPS) is 28.4. The lowest BCUT2D eigenvalue weighted by Crippen LogP contribution is -2.57. The van der Waals surface area contributed by atoms with Gasteiger partial charge >= 0.3 is 0 Å². The molecule has 0 spiro atoms. The molecule has 7 rings (SSSR count). The zero-order valence-corrected chi connectivity index (χ0v) is 22.2. The van der Waals surface area contributed by atoms with E-state index in [1.165, 1.54) is 62.9 Å². The lowest BCUT2D eigenvalue weighted by molar-refractivity contribution is 0.0726. The zero-order chi connectivity index (χ0) is 25.5. The summed E-state index contributed by atoms with van der Waals surface area (Å²) in [7, 11) is 0. The lowest BCUT2D eigenvalue weighted by Gasteiger charge is -2.46. The summed E-state index contributed by atoms with van der Waals surface area (Å²) in [5.41, 5.74) is 2.02. The van der Waals surface area contributed by atoms with E-state index in [-0.39, 0.29) is 5.82 Å². The molecule has 2 aromatic carbocycles. The SMILES string of the molecule is Fc1ccc2onc(N3CCN4C[C@H](COc5cccc(CN6C[C@H]7CCCC[C@H]7C6)c5)CC[C@H]4C3)c2c1. The average Bonchev–Trinajstić information content (AvgIpc) is 3.55. The molecule has 1 saturated carbocycles. The van der Waals surface area contributed by atoms with Gasteiger partial charge in [0.2, 0.25) is 0 Å². The van der Waals surface area contributed by atoms with Crippen LogP contribution in [-0.2, 0) is 6.54 Å². The molecule has 202 valence electrons. The molecule has 6 nitrogen and oxygen atoms in total. The lowest BCUT2D eigenvalue weighted by atomic mass is 9.82. The minimum absolute atomic E-state index is 0.250. The monoisotopic (exact) mass is 518 g/mol.